The van der Waals surface area contributed by atoms with E-state index >= 15 is 0 Å². The lowest BCUT2D eigenvalue weighted by molar-refractivity contribution is 0.103. The molecule has 25 heavy (non-hydrogen) atoms. The first-order chi connectivity index (χ1) is 12.1. The number of aliphatic hydroxyl groups excluding tert-OH is 1. The fourth-order valence-corrected chi connectivity index (χ4v) is 3.70. The summed E-state index contributed by atoms with van der Waals surface area (Å²) in [4.78, 5) is 32.1. The fraction of sp³-hybridized carbons (Fsp3) is 0.211. The highest BCUT2D eigenvalue weighted by Gasteiger charge is 2.31. The van der Waals surface area contributed by atoms with E-state index < -0.39 is 0 Å². The van der Waals surface area contributed by atoms with E-state index in [0.29, 0.717) is 28.7 Å². The molecule has 0 spiro atoms. The van der Waals surface area contributed by atoms with Crippen LogP contribution in [0.4, 0.5) is 5.69 Å². The Hall–Kier alpha value is -2.99. The molecule has 0 aliphatic carbocycles. The van der Waals surface area contributed by atoms with E-state index in [1.165, 1.54) is 4.57 Å². The van der Waals surface area contributed by atoms with E-state index in [9.17, 15) is 14.7 Å². The summed E-state index contributed by atoms with van der Waals surface area (Å²) in [5, 5.41) is 10.3. The van der Waals surface area contributed by atoms with Crippen LogP contribution in [0.2, 0.25) is 0 Å². The smallest absolute Gasteiger partial charge is 0.266 e. The minimum absolute atomic E-state index is 0.164. The van der Waals surface area contributed by atoms with Gasteiger partial charge in [0.25, 0.3) is 5.56 Å². The Morgan fingerprint density at radius 3 is 2.76 bits per heavy atom. The molecule has 0 amide bonds. The first kappa shape index (κ1) is 14.4. The summed E-state index contributed by atoms with van der Waals surface area (Å²) in [5.41, 5.74) is 2.26. The molecule has 124 valence electrons. The van der Waals surface area contributed by atoms with Crippen LogP contribution in [-0.4, -0.2) is 39.6 Å². The van der Waals surface area contributed by atoms with Gasteiger partial charge >= 0.3 is 0 Å². The molecule has 1 aromatic heterocycles. The van der Waals surface area contributed by atoms with Crippen molar-refractivity contribution in [2.75, 3.05) is 18.0 Å². The number of para-hydroxylation sites is 1. The number of benzene rings is 2. The molecule has 5 rings (SSSR count). The van der Waals surface area contributed by atoms with Crippen LogP contribution in [0.1, 0.15) is 22.6 Å². The number of aliphatic hydroxyl groups is 1. The SMILES string of the molecule is O=C1c2ccc(N3CCC(O)C3)cc2-n2c1nc1ccccc1c2=O. The molecule has 1 saturated heterocycles. The zero-order valence-corrected chi connectivity index (χ0v) is 13.3. The zero-order chi connectivity index (χ0) is 17.1. The Morgan fingerprint density at radius 2 is 1.96 bits per heavy atom. The molecule has 3 aromatic rings. The average molecular weight is 333 g/mol. The lowest BCUT2D eigenvalue weighted by atomic mass is 10.1. The highest BCUT2D eigenvalue weighted by Crippen LogP contribution is 2.31. The number of carbonyl (C=O) groups is 1. The summed E-state index contributed by atoms with van der Waals surface area (Å²) in [6.45, 7) is 1.32. The van der Waals surface area contributed by atoms with Crippen molar-refractivity contribution in [3.8, 4) is 5.69 Å². The van der Waals surface area contributed by atoms with Crippen LogP contribution in [0, 0.1) is 0 Å². The van der Waals surface area contributed by atoms with Gasteiger partial charge in [0.05, 0.1) is 28.3 Å². The number of β-amino-alcohol motifs (C(OH)–C–C–N with tert-alkyl or cyclic N) is 1. The molecule has 6 nitrogen and oxygen atoms in total. The minimum Gasteiger partial charge on any atom is -0.391 e. The van der Waals surface area contributed by atoms with Crippen LogP contribution in [0.5, 0.6) is 0 Å². The number of fused-ring (bicyclic) bond motifs is 4. The molecule has 6 heteroatoms. The monoisotopic (exact) mass is 333 g/mol. The van der Waals surface area contributed by atoms with E-state index in [1.807, 2.05) is 12.1 Å². The molecule has 2 aliphatic rings. The van der Waals surface area contributed by atoms with Gasteiger partial charge in [0, 0.05) is 18.8 Å². The van der Waals surface area contributed by atoms with E-state index in [1.54, 1.807) is 30.3 Å². The van der Waals surface area contributed by atoms with Crippen molar-refractivity contribution < 1.29 is 9.90 Å². The Kier molecular flexibility index (Phi) is 2.87. The van der Waals surface area contributed by atoms with Gasteiger partial charge < -0.3 is 10.0 Å². The number of hydrogen-bond acceptors (Lipinski definition) is 5. The van der Waals surface area contributed by atoms with Gasteiger partial charge in [0.1, 0.15) is 0 Å². The highest BCUT2D eigenvalue weighted by molar-refractivity contribution is 6.13. The van der Waals surface area contributed by atoms with Gasteiger partial charge in [-0.1, -0.05) is 12.1 Å². The van der Waals surface area contributed by atoms with Gasteiger partial charge in [-0.2, -0.15) is 0 Å². The maximum atomic E-state index is 12.9. The van der Waals surface area contributed by atoms with E-state index in [2.05, 4.69) is 9.88 Å². The number of nitrogens with zero attached hydrogens (tertiary/aromatic N) is 3. The fourth-order valence-electron chi connectivity index (χ4n) is 3.70. The molecule has 1 fully saturated rings. The number of anilines is 1. The second-order valence-electron chi connectivity index (χ2n) is 6.51. The Bertz CT molecular complexity index is 1100. The Labute approximate surface area is 143 Å². The predicted octanol–water partition coefficient (Wildman–Crippen LogP) is 1.50. The normalized spacial score (nSPS) is 18.7. The maximum Gasteiger partial charge on any atom is 0.266 e. The Balaban J connectivity index is 1.74. The van der Waals surface area contributed by atoms with Crippen molar-refractivity contribution in [3.63, 3.8) is 0 Å². The topological polar surface area (TPSA) is 75.4 Å². The van der Waals surface area contributed by atoms with Crippen molar-refractivity contribution in [3.05, 3.63) is 64.2 Å². The van der Waals surface area contributed by atoms with Crippen molar-refractivity contribution in [2.45, 2.75) is 12.5 Å². The highest BCUT2D eigenvalue weighted by atomic mass is 16.3. The van der Waals surface area contributed by atoms with Crippen molar-refractivity contribution in [1.29, 1.82) is 0 Å². The third kappa shape index (κ3) is 1.97. The van der Waals surface area contributed by atoms with Crippen LogP contribution in [0.15, 0.2) is 47.3 Å². The second-order valence-corrected chi connectivity index (χ2v) is 6.51. The first-order valence-electron chi connectivity index (χ1n) is 8.27. The summed E-state index contributed by atoms with van der Waals surface area (Å²) in [6.07, 6.45) is 0.383. The number of hydrogen-bond donors (Lipinski definition) is 1. The van der Waals surface area contributed by atoms with Gasteiger partial charge in [-0.15, -0.1) is 0 Å². The van der Waals surface area contributed by atoms with Crippen molar-refractivity contribution >= 4 is 22.4 Å². The van der Waals surface area contributed by atoms with E-state index in [0.717, 1.165) is 18.7 Å². The van der Waals surface area contributed by atoms with Gasteiger partial charge in [0.2, 0.25) is 5.78 Å². The molecule has 1 atom stereocenters. The molecule has 2 aromatic carbocycles. The summed E-state index contributed by atoms with van der Waals surface area (Å²) in [7, 11) is 0. The standard InChI is InChI=1S/C19H15N3O3/c23-12-7-8-21(10-12)11-5-6-14-16(9-11)22-18(17(14)24)20-15-4-2-1-3-13(15)19(22)25/h1-6,9,12,23H,7-8,10H2. The quantitative estimate of drug-likeness (QED) is 0.571. The van der Waals surface area contributed by atoms with Crippen molar-refractivity contribution in [1.82, 2.24) is 9.55 Å². The lowest BCUT2D eigenvalue weighted by Crippen LogP contribution is -2.23. The predicted molar refractivity (Wildman–Crippen MR) is 93.6 cm³/mol. The average Bonchev–Trinajstić information content (AvgIpc) is 3.17. The first-order valence-corrected chi connectivity index (χ1v) is 8.27. The molecular weight excluding hydrogens is 318 g/mol. The van der Waals surface area contributed by atoms with Gasteiger partial charge in [-0.3, -0.25) is 14.2 Å². The van der Waals surface area contributed by atoms with Crippen molar-refractivity contribution in [2.24, 2.45) is 0 Å². The molecule has 3 heterocycles. The molecular formula is C19H15N3O3. The lowest BCUT2D eigenvalue weighted by Gasteiger charge is -2.18. The third-order valence-electron chi connectivity index (χ3n) is 4.97. The maximum absolute atomic E-state index is 12.9. The molecule has 0 bridgehead atoms. The number of aromatic nitrogens is 2. The molecule has 1 unspecified atom stereocenters. The number of ketones is 1. The number of carbonyl (C=O) groups excluding carboxylic acids is 1. The summed E-state index contributed by atoms with van der Waals surface area (Å²) in [6, 6.07) is 12.5. The van der Waals surface area contributed by atoms with Crippen LogP contribution in [0.25, 0.3) is 16.6 Å². The summed E-state index contributed by atoms with van der Waals surface area (Å²) < 4.78 is 1.41. The van der Waals surface area contributed by atoms with Crippen LogP contribution < -0.4 is 10.5 Å². The number of rotatable bonds is 1. The van der Waals surface area contributed by atoms with Gasteiger partial charge in [0.15, 0.2) is 5.82 Å². The summed E-state index contributed by atoms with van der Waals surface area (Å²) >= 11 is 0. The largest absolute Gasteiger partial charge is 0.391 e. The Morgan fingerprint density at radius 1 is 1.12 bits per heavy atom. The second kappa shape index (κ2) is 5.00. The third-order valence-corrected chi connectivity index (χ3v) is 4.97. The van der Waals surface area contributed by atoms with E-state index in [-0.39, 0.29) is 23.3 Å². The molecule has 2 aliphatic heterocycles. The molecule has 0 saturated carbocycles. The summed E-state index contributed by atoms with van der Waals surface area (Å²) in [5.74, 6) is -0.0665. The van der Waals surface area contributed by atoms with Crippen LogP contribution >= 0.6 is 0 Å². The van der Waals surface area contributed by atoms with Crippen LogP contribution in [0.3, 0.4) is 0 Å². The molecule has 1 N–H and O–H groups in total. The van der Waals surface area contributed by atoms with Crippen LogP contribution in [-0.2, 0) is 0 Å². The molecule has 0 radical (unpaired) electrons. The van der Waals surface area contributed by atoms with Gasteiger partial charge in [-0.05, 0) is 36.8 Å². The van der Waals surface area contributed by atoms with Gasteiger partial charge in [-0.25, -0.2) is 4.98 Å². The van der Waals surface area contributed by atoms with E-state index in [4.69, 9.17) is 0 Å². The zero-order valence-electron chi connectivity index (χ0n) is 13.3. The minimum atomic E-state index is -0.337.